The van der Waals surface area contributed by atoms with Gasteiger partial charge in [0.15, 0.2) is 0 Å². The smallest absolute Gasteiger partial charge is 0.300 e. The normalized spacial score (nSPS) is 17.5. The molecule has 1 aliphatic rings. The lowest BCUT2D eigenvalue weighted by molar-refractivity contribution is -0.132. The van der Waals surface area contributed by atoms with E-state index >= 15 is 0 Å². The number of benzene rings is 3. The molecule has 0 radical (unpaired) electrons. The number of methoxy groups -OCH3 is 1. The van der Waals surface area contributed by atoms with Gasteiger partial charge < -0.3 is 14.8 Å². The third-order valence-corrected chi connectivity index (χ3v) is 6.56. The Morgan fingerprint density at radius 3 is 2.50 bits per heavy atom. The number of ether oxygens (including phenoxy) is 1. The van der Waals surface area contributed by atoms with Crippen LogP contribution < -0.4 is 9.64 Å². The molecular formula is C28H24N2O4. The van der Waals surface area contributed by atoms with E-state index < -0.39 is 17.7 Å². The minimum atomic E-state index is -0.856. The number of amides is 1. The van der Waals surface area contributed by atoms with Gasteiger partial charge in [0.05, 0.1) is 18.7 Å². The molecule has 0 bridgehead atoms. The molecule has 6 heteroatoms. The SMILES string of the molecule is COc1ccccc1C1/C(=C(\O)c2c[nH]c3ccccc23)C(=O)C(=O)N1c1cccc(C)c1C. The molecule has 1 fully saturated rings. The molecule has 6 nitrogen and oxygen atoms in total. The van der Waals surface area contributed by atoms with E-state index in [2.05, 4.69) is 4.98 Å². The van der Waals surface area contributed by atoms with Gasteiger partial charge in [-0.25, -0.2) is 0 Å². The molecule has 0 aliphatic carbocycles. The van der Waals surface area contributed by atoms with Crippen LogP contribution in [-0.4, -0.2) is 28.9 Å². The summed E-state index contributed by atoms with van der Waals surface area (Å²) in [5.74, 6) is -1.13. The Morgan fingerprint density at radius 2 is 1.71 bits per heavy atom. The fourth-order valence-electron chi connectivity index (χ4n) is 4.68. The number of aliphatic hydroxyl groups excluding tert-OH is 1. The van der Waals surface area contributed by atoms with Crippen molar-refractivity contribution in [2.45, 2.75) is 19.9 Å². The number of rotatable bonds is 4. The van der Waals surface area contributed by atoms with Crippen molar-refractivity contribution in [3.05, 3.63) is 101 Å². The van der Waals surface area contributed by atoms with Crippen LogP contribution >= 0.6 is 0 Å². The van der Waals surface area contributed by atoms with Crippen molar-refractivity contribution in [1.82, 2.24) is 4.98 Å². The second-order valence-corrected chi connectivity index (χ2v) is 8.38. The number of ketones is 1. The number of nitrogens with zero attached hydrogens (tertiary/aromatic N) is 1. The monoisotopic (exact) mass is 452 g/mol. The highest BCUT2D eigenvalue weighted by Gasteiger charge is 2.48. The topological polar surface area (TPSA) is 82.6 Å². The average Bonchev–Trinajstić information content (AvgIpc) is 3.40. The van der Waals surface area contributed by atoms with Crippen molar-refractivity contribution in [3.63, 3.8) is 0 Å². The first kappa shape index (κ1) is 21.5. The van der Waals surface area contributed by atoms with Gasteiger partial charge in [-0.1, -0.05) is 48.5 Å². The second kappa shape index (κ2) is 8.23. The van der Waals surface area contributed by atoms with E-state index in [9.17, 15) is 14.7 Å². The molecule has 0 saturated carbocycles. The maximum atomic E-state index is 13.5. The number of H-pyrrole nitrogens is 1. The van der Waals surface area contributed by atoms with Gasteiger partial charge in [0.25, 0.3) is 11.7 Å². The van der Waals surface area contributed by atoms with Gasteiger partial charge >= 0.3 is 0 Å². The van der Waals surface area contributed by atoms with E-state index in [4.69, 9.17) is 4.74 Å². The number of anilines is 1. The van der Waals surface area contributed by atoms with Crippen LogP contribution in [0.25, 0.3) is 16.7 Å². The molecule has 1 atom stereocenters. The summed E-state index contributed by atoms with van der Waals surface area (Å²) in [4.78, 5) is 31.6. The summed E-state index contributed by atoms with van der Waals surface area (Å²) < 4.78 is 5.60. The molecule has 1 aliphatic heterocycles. The van der Waals surface area contributed by atoms with Crippen molar-refractivity contribution in [1.29, 1.82) is 0 Å². The third-order valence-electron chi connectivity index (χ3n) is 6.56. The number of aromatic nitrogens is 1. The van der Waals surface area contributed by atoms with Gasteiger partial charge in [-0.15, -0.1) is 0 Å². The number of hydrogen-bond donors (Lipinski definition) is 2. The van der Waals surface area contributed by atoms with Gasteiger partial charge in [0.2, 0.25) is 0 Å². The number of carbonyl (C=O) groups excluding carboxylic acids is 2. The molecular weight excluding hydrogens is 428 g/mol. The second-order valence-electron chi connectivity index (χ2n) is 8.38. The maximum absolute atomic E-state index is 13.5. The van der Waals surface area contributed by atoms with E-state index in [-0.39, 0.29) is 11.3 Å². The number of carbonyl (C=O) groups is 2. The number of aliphatic hydroxyl groups is 1. The fourth-order valence-corrected chi connectivity index (χ4v) is 4.68. The van der Waals surface area contributed by atoms with E-state index in [1.165, 1.54) is 4.90 Å². The first-order chi connectivity index (χ1) is 16.4. The minimum absolute atomic E-state index is 0.0279. The number of Topliss-reactive ketones (excluding diaryl/α,β-unsaturated/α-hetero) is 1. The summed E-state index contributed by atoms with van der Waals surface area (Å²) in [5, 5.41) is 12.3. The van der Waals surface area contributed by atoms with Crippen molar-refractivity contribution in [2.75, 3.05) is 12.0 Å². The summed E-state index contributed by atoms with van der Waals surface area (Å²) in [7, 11) is 1.54. The van der Waals surface area contributed by atoms with E-state index in [0.29, 0.717) is 22.6 Å². The van der Waals surface area contributed by atoms with E-state index in [0.717, 1.165) is 22.0 Å². The van der Waals surface area contributed by atoms with Crippen LogP contribution in [0.5, 0.6) is 5.75 Å². The Bertz CT molecular complexity index is 1480. The number of para-hydroxylation sites is 2. The highest BCUT2D eigenvalue weighted by Crippen LogP contribution is 2.46. The summed E-state index contributed by atoms with van der Waals surface area (Å²) in [6.45, 7) is 3.88. The zero-order valence-corrected chi connectivity index (χ0v) is 19.1. The molecule has 4 aromatic rings. The van der Waals surface area contributed by atoms with Crippen LogP contribution in [0.2, 0.25) is 0 Å². The standard InChI is InChI=1S/C28H24N2O4/c1-16-9-8-13-22(17(16)2)30-25(19-11-5-7-14-23(19)34-3)24(27(32)28(30)33)26(31)20-15-29-21-12-6-4-10-18(20)21/h4-15,25,29,31H,1-3H3/b26-24+. The molecule has 2 heterocycles. The Morgan fingerprint density at radius 1 is 0.971 bits per heavy atom. The highest BCUT2D eigenvalue weighted by atomic mass is 16.5. The van der Waals surface area contributed by atoms with Gasteiger partial charge in [0, 0.05) is 33.9 Å². The molecule has 0 spiro atoms. The van der Waals surface area contributed by atoms with Crippen LogP contribution in [0, 0.1) is 13.8 Å². The van der Waals surface area contributed by atoms with Crippen LogP contribution in [0.1, 0.15) is 28.3 Å². The Kier molecular flexibility index (Phi) is 5.21. The summed E-state index contributed by atoms with van der Waals surface area (Å²) in [6, 6.07) is 19.5. The number of aryl methyl sites for hydroxylation is 1. The summed E-state index contributed by atoms with van der Waals surface area (Å²) in [5.41, 5.74) is 4.44. The van der Waals surface area contributed by atoms with E-state index in [1.807, 2.05) is 74.5 Å². The third kappa shape index (κ3) is 3.18. The van der Waals surface area contributed by atoms with Gasteiger partial charge in [-0.3, -0.25) is 14.5 Å². The predicted octanol–water partition coefficient (Wildman–Crippen LogP) is 5.42. The number of nitrogens with one attached hydrogen (secondary N) is 1. The van der Waals surface area contributed by atoms with Crippen LogP contribution in [0.4, 0.5) is 5.69 Å². The molecule has 5 rings (SSSR count). The molecule has 1 aromatic heterocycles. The van der Waals surface area contributed by atoms with Gasteiger partial charge in [0.1, 0.15) is 11.5 Å². The van der Waals surface area contributed by atoms with Crippen molar-refractivity contribution in [2.24, 2.45) is 0 Å². The van der Waals surface area contributed by atoms with Crippen molar-refractivity contribution < 1.29 is 19.4 Å². The van der Waals surface area contributed by atoms with Crippen LogP contribution in [0.15, 0.2) is 78.5 Å². The van der Waals surface area contributed by atoms with Crippen molar-refractivity contribution in [3.8, 4) is 5.75 Å². The molecule has 1 unspecified atom stereocenters. The average molecular weight is 453 g/mol. The van der Waals surface area contributed by atoms with Crippen LogP contribution in [-0.2, 0) is 9.59 Å². The first-order valence-corrected chi connectivity index (χ1v) is 11.0. The Hall–Kier alpha value is -4.32. The molecule has 34 heavy (non-hydrogen) atoms. The largest absolute Gasteiger partial charge is 0.507 e. The lowest BCUT2D eigenvalue weighted by Gasteiger charge is -2.28. The molecule has 170 valence electrons. The van der Waals surface area contributed by atoms with Crippen LogP contribution in [0.3, 0.4) is 0 Å². The molecule has 3 aromatic carbocycles. The molecule has 2 N–H and O–H groups in total. The number of hydrogen-bond acceptors (Lipinski definition) is 4. The fraction of sp³-hybridized carbons (Fsp3) is 0.143. The first-order valence-electron chi connectivity index (χ1n) is 11.0. The summed E-state index contributed by atoms with van der Waals surface area (Å²) in [6.07, 6.45) is 1.66. The van der Waals surface area contributed by atoms with E-state index in [1.54, 1.807) is 19.4 Å². The zero-order chi connectivity index (χ0) is 24.0. The zero-order valence-electron chi connectivity index (χ0n) is 19.1. The molecule has 1 amide bonds. The maximum Gasteiger partial charge on any atom is 0.300 e. The van der Waals surface area contributed by atoms with Gasteiger partial charge in [-0.2, -0.15) is 0 Å². The Balaban J connectivity index is 1.82. The van der Waals surface area contributed by atoms with Crippen molar-refractivity contribution >= 4 is 34.0 Å². The lowest BCUT2D eigenvalue weighted by atomic mass is 9.94. The highest BCUT2D eigenvalue weighted by molar-refractivity contribution is 6.52. The quantitative estimate of drug-likeness (QED) is 0.246. The van der Waals surface area contributed by atoms with Gasteiger partial charge in [-0.05, 0) is 43.2 Å². The molecule has 1 saturated heterocycles. The summed E-state index contributed by atoms with van der Waals surface area (Å²) >= 11 is 0. The Labute approximate surface area is 197 Å². The number of aromatic amines is 1. The minimum Gasteiger partial charge on any atom is -0.507 e. The lowest BCUT2D eigenvalue weighted by Crippen LogP contribution is -2.30. The number of fused-ring (bicyclic) bond motifs is 1. The predicted molar refractivity (Wildman–Crippen MR) is 132 cm³/mol.